The van der Waals surface area contributed by atoms with E-state index in [4.69, 9.17) is 0 Å². The first kappa shape index (κ1) is 15.4. The van der Waals surface area contributed by atoms with Crippen molar-refractivity contribution in [2.24, 2.45) is 5.41 Å². The molecule has 0 heterocycles. The minimum absolute atomic E-state index is 0.199. The third-order valence-electron chi connectivity index (χ3n) is 2.67. The number of carbonyl (C=O) groups is 2. The van der Waals surface area contributed by atoms with Crippen LogP contribution in [0.15, 0.2) is 24.8 Å². The Morgan fingerprint density at radius 1 is 1.35 bits per heavy atom. The van der Waals surface area contributed by atoms with Gasteiger partial charge in [-0.15, -0.1) is 6.58 Å². The number of allylic oxidation sites excluding steroid dienone is 3. The van der Waals surface area contributed by atoms with E-state index in [2.05, 4.69) is 11.9 Å². The Hall–Kier alpha value is -1.58. The molecule has 96 valence electrons. The molecule has 0 aromatic rings. The van der Waals surface area contributed by atoms with Gasteiger partial charge in [0.25, 0.3) is 0 Å². The molecule has 0 fully saturated rings. The van der Waals surface area contributed by atoms with Crippen molar-refractivity contribution < 1.29 is 9.59 Å². The number of nitrogens with zero attached hydrogens (tertiary/aromatic N) is 1. The van der Waals surface area contributed by atoms with E-state index >= 15 is 0 Å². The topological polar surface area (TPSA) is 49.4 Å². The van der Waals surface area contributed by atoms with Crippen molar-refractivity contribution in [1.29, 1.82) is 0 Å². The summed E-state index contributed by atoms with van der Waals surface area (Å²) in [6.45, 7) is 5.50. The van der Waals surface area contributed by atoms with Crippen LogP contribution >= 0.6 is 0 Å². The van der Waals surface area contributed by atoms with Crippen LogP contribution < -0.4 is 5.32 Å². The summed E-state index contributed by atoms with van der Waals surface area (Å²) in [7, 11) is 4.84. The van der Waals surface area contributed by atoms with Gasteiger partial charge in [0.2, 0.25) is 11.8 Å². The maximum atomic E-state index is 12.2. The van der Waals surface area contributed by atoms with E-state index in [1.165, 1.54) is 4.90 Å². The molecule has 0 saturated heterocycles. The van der Waals surface area contributed by atoms with Gasteiger partial charge in [0.15, 0.2) is 0 Å². The number of hydrogen-bond acceptors (Lipinski definition) is 2. The molecule has 0 spiro atoms. The van der Waals surface area contributed by atoms with E-state index in [0.29, 0.717) is 12.8 Å². The highest BCUT2D eigenvalue weighted by molar-refractivity contribution is 6.05. The van der Waals surface area contributed by atoms with Gasteiger partial charge in [0.05, 0.1) is 0 Å². The lowest BCUT2D eigenvalue weighted by molar-refractivity contribution is -0.148. The summed E-state index contributed by atoms with van der Waals surface area (Å²) in [5.41, 5.74) is -1.08. The minimum atomic E-state index is -1.08. The number of hydrogen-bond donors (Lipinski definition) is 1. The molecule has 0 saturated carbocycles. The zero-order chi connectivity index (χ0) is 13.5. The molecule has 1 N–H and O–H groups in total. The second kappa shape index (κ2) is 6.89. The van der Waals surface area contributed by atoms with E-state index in [1.807, 2.05) is 19.1 Å². The quantitative estimate of drug-likeness (QED) is 0.561. The Balaban J connectivity index is 5.44. The fourth-order valence-electron chi connectivity index (χ4n) is 1.77. The van der Waals surface area contributed by atoms with Gasteiger partial charge in [-0.3, -0.25) is 9.59 Å². The molecule has 0 rings (SSSR count). The van der Waals surface area contributed by atoms with E-state index in [0.717, 1.165) is 0 Å². The largest absolute Gasteiger partial charge is 0.358 e. The first-order valence-corrected chi connectivity index (χ1v) is 5.62. The highest BCUT2D eigenvalue weighted by atomic mass is 16.2. The van der Waals surface area contributed by atoms with E-state index in [-0.39, 0.29) is 11.8 Å². The number of amides is 2. The Morgan fingerprint density at radius 2 is 1.94 bits per heavy atom. The lowest BCUT2D eigenvalue weighted by Crippen LogP contribution is -2.49. The monoisotopic (exact) mass is 238 g/mol. The number of rotatable bonds is 6. The molecule has 4 nitrogen and oxygen atoms in total. The fourth-order valence-corrected chi connectivity index (χ4v) is 1.77. The van der Waals surface area contributed by atoms with E-state index in [1.54, 1.807) is 27.2 Å². The van der Waals surface area contributed by atoms with Crippen LogP contribution in [0.3, 0.4) is 0 Å². The highest BCUT2D eigenvalue weighted by Crippen LogP contribution is 2.30. The van der Waals surface area contributed by atoms with Crippen LogP contribution in [0.25, 0.3) is 0 Å². The van der Waals surface area contributed by atoms with Crippen molar-refractivity contribution in [3.63, 3.8) is 0 Å². The smallest absolute Gasteiger partial charge is 0.238 e. The van der Waals surface area contributed by atoms with E-state index < -0.39 is 5.41 Å². The molecular weight excluding hydrogens is 216 g/mol. The second-order valence-electron chi connectivity index (χ2n) is 4.13. The van der Waals surface area contributed by atoms with Crippen molar-refractivity contribution in [2.45, 2.75) is 19.8 Å². The Labute approximate surface area is 103 Å². The van der Waals surface area contributed by atoms with Gasteiger partial charge in [0, 0.05) is 21.1 Å². The average molecular weight is 238 g/mol. The van der Waals surface area contributed by atoms with Crippen molar-refractivity contribution in [2.75, 3.05) is 21.1 Å². The lowest BCUT2D eigenvalue weighted by Gasteiger charge is -2.31. The fraction of sp³-hybridized carbons (Fsp3) is 0.538. The molecule has 4 heteroatoms. The predicted octanol–water partition coefficient (Wildman–Crippen LogP) is 1.35. The standard InChI is InChI=1S/C13H22N2O2/c1-6-8-10-13(9-7-2,11(16)14-3)12(17)15(4)5/h6-8H,2,9-10H2,1,3-5H3,(H,14,16)/b8-6+. The molecule has 17 heavy (non-hydrogen) atoms. The summed E-state index contributed by atoms with van der Waals surface area (Å²) < 4.78 is 0. The van der Waals surface area contributed by atoms with Crippen LogP contribution in [-0.4, -0.2) is 37.9 Å². The Bertz CT molecular complexity index is 321. The molecule has 2 amide bonds. The minimum Gasteiger partial charge on any atom is -0.358 e. The van der Waals surface area contributed by atoms with Crippen LogP contribution in [-0.2, 0) is 9.59 Å². The summed E-state index contributed by atoms with van der Waals surface area (Å²) in [4.78, 5) is 25.7. The third-order valence-corrected chi connectivity index (χ3v) is 2.67. The zero-order valence-corrected chi connectivity index (χ0v) is 11.1. The normalized spacial score (nSPS) is 14.1. The summed E-state index contributed by atoms with van der Waals surface area (Å²) in [5, 5.41) is 2.57. The molecule has 0 aromatic heterocycles. The predicted molar refractivity (Wildman–Crippen MR) is 69.4 cm³/mol. The number of nitrogens with one attached hydrogen (secondary N) is 1. The Kier molecular flexibility index (Phi) is 6.25. The maximum absolute atomic E-state index is 12.2. The van der Waals surface area contributed by atoms with Crippen molar-refractivity contribution in [3.8, 4) is 0 Å². The molecule has 0 aliphatic rings. The van der Waals surface area contributed by atoms with Gasteiger partial charge < -0.3 is 10.2 Å². The molecular formula is C13H22N2O2. The van der Waals surface area contributed by atoms with Crippen LogP contribution in [0.1, 0.15) is 19.8 Å². The van der Waals surface area contributed by atoms with Crippen molar-refractivity contribution in [3.05, 3.63) is 24.8 Å². The van der Waals surface area contributed by atoms with E-state index in [9.17, 15) is 9.59 Å². The van der Waals surface area contributed by atoms with Gasteiger partial charge in [0.1, 0.15) is 5.41 Å². The van der Waals surface area contributed by atoms with Crippen molar-refractivity contribution in [1.82, 2.24) is 10.2 Å². The van der Waals surface area contributed by atoms with Crippen LogP contribution in [0, 0.1) is 5.41 Å². The Morgan fingerprint density at radius 3 is 2.29 bits per heavy atom. The highest BCUT2D eigenvalue weighted by Gasteiger charge is 2.44. The summed E-state index contributed by atoms with van der Waals surface area (Å²) in [6, 6.07) is 0. The third kappa shape index (κ3) is 3.44. The van der Waals surface area contributed by atoms with Gasteiger partial charge in [-0.2, -0.15) is 0 Å². The van der Waals surface area contributed by atoms with Gasteiger partial charge in [-0.1, -0.05) is 18.2 Å². The zero-order valence-electron chi connectivity index (χ0n) is 11.1. The van der Waals surface area contributed by atoms with Gasteiger partial charge >= 0.3 is 0 Å². The summed E-state index contributed by atoms with van der Waals surface area (Å²) in [6.07, 6.45) is 5.99. The number of carbonyl (C=O) groups excluding carboxylic acids is 2. The molecule has 1 unspecified atom stereocenters. The summed E-state index contributed by atoms with van der Waals surface area (Å²) in [5.74, 6) is -0.468. The van der Waals surface area contributed by atoms with Gasteiger partial charge in [-0.25, -0.2) is 0 Å². The molecule has 0 aliphatic carbocycles. The first-order chi connectivity index (χ1) is 7.96. The lowest BCUT2D eigenvalue weighted by atomic mass is 9.78. The van der Waals surface area contributed by atoms with Gasteiger partial charge in [-0.05, 0) is 19.8 Å². The van der Waals surface area contributed by atoms with Crippen LogP contribution in [0.2, 0.25) is 0 Å². The maximum Gasteiger partial charge on any atom is 0.238 e. The molecule has 0 radical (unpaired) electrons. The SMILES string of the molecule is C=CCC(C/C=C/C)(C(=O)NC)C(=O)N(C)C. The average Bonchev–Trinajstić information content (AvgIpc) is 2.32. The first-order valence-electron chi connectivity index (χ1n) is 5.62. The van der Waals surface area contributed by atoms with Crippen molar-refractivity contribution >= 4 is 11.8 Å². The summed E-state index contributed by atoms with van der Waals surface area (Å²) >= 11 is 0. The molecule has 1 atom stereocenters. The second-order valence-corrected chi connectivity index (χ2v) is 4.13. The van der Waals surface area contributed by atoms with Crippen LogP contribution in [0.5, 0.6) is 0 Å². The molecule has 0 aromatic carbocycles. The van der Waals surface area contributed by atoms with Crippen LogP contribution in [0.4, 0.5) is 0 Å². The molecule has 0 aliphatic heterocycles. The molecule has 0 bridgehead atoms.